The van der Waals surface area contributed by atoms with E-state index in [1.165, 1.54) is 11.1 Å². The second kappa shape index (κ2) is 8.73. The molecule has 3 rings (SSSR count). The molecule has 0 aliphatic carbocycles. The smallest absolute Gasteiger partial charge is 0.271 e. The number of aryl methyl sites for hydroxylation is 2. The van der Waals surface area contributed by atoms with Gasteiger partial charge >= 0.3 is 0 Å². The van der Waals surface area contributed by atoms with E-state index in [9.17, 15) is 4.79 Å². The Kier molecular flexibility index (Phi) is 6.14. The molecule has 7 nitrogen and oxygen atoms in total. The van der Waals surface area contributed by atoms with Crippen molar-refractivity contribution in [2.45, 2.75) is 13.8 Å². The van der Waals surface area contributed by atoms with Crippen molar-refractivity contribution in [1.82, 2.24) is 20.4 Å². The van der Waals surface area contributed by atoms with Gasteiger partial charge in [-0.15, -0.1) is 10.2 Å². The van der Waals surface area contributed by atoms with E-state index in [0.717, 1.165) is 38.5 Å². The highest BCUT2D eigenvalue weighted by Gasteiger charge is 2.12. The third-order valence-corrected chi connectivity index (χ3v) is 4.49. The molecule has 0 unspecified atom stereocenters. The first kappa shape index (κ1) is 18.3. The van der Waals surface area contributed by atoms with Crippen LogP contribution in [0.2, 0.25) is 0 Å². The molecule has 0 spiro atoms. The molecule has 138 valence electrons. The minimum atomic E-state index is -0.205. The van der Waals surface area contributed by atoms with Crippen LogP contribution in [0.3, 0.4) is 0 Å². The summed E-state index contributed by atoms with van der Waals surface area (Å²) < 4.78 is 5.31. The van der Waals surface area contributed by atoms with E-state index in [1.54, 1.807) is 12.1 Å². The number of hydrogen-bond donors (Lipinski definition) is 2. The molecule has 1 aliphatic heterocycles. The van der Waals surface area contributed by atoms with Crippen molar-refractivity contribution in [3.63, 3.8) is 0 Å². The molecule has 0 saturated carbocycles. The van der Waals surface area contributed by atoms with Crippen LogP contribution in [0.1, 0.15) is 21.6 Å². The Balaban J connectivity index is 1.49. The Hall–Kier alpha value is -2.51. The molecule has 1 aromatic carbocycles. The van der Waals surface area contributed by atoms with E-state index in [1.807, 2.05) is 6.07 Å². The first-order valence-corrected chi connectivity index (χ1v) is 8.88. The summed E-state index contributed by atoms with van der Waals surface area (Å²) in [5.41, 5.74) is 3.72. The topological polar surface area (TPSA) is 79.4 Å². The van der Waals surface area contributed by atoms with Crippen molar-refractivity contribution in [2.75, 3.05) is 44.7 Å². The van der Waals surface area contributed by atoms with Gasteiger partial charge in [-0.3, -0.25) is 9.69 Å². The monoisotopic (exact) mass is 355 g/mol. The predicted octanol–water partition coefficient (Wildman–Crippen LogP) is 1.90. The van der Waals surface area contributed by atoms with Gasteiger partial charge in [0.2, 0.25) is 0 Å². The Labute approximate surface area is 153 Å². The highest BCUT2D eigenvalue weighted by atomic mass is 16.5. The van der Waals surface area contributed by atoms with Gasteiger partial charge in [-0.25, -0.2) is 0 Å². The molecule has 1 aliphatic rings. The van der Waals surface area contributed by atoms with E-state index in [0.29, 0.717) is 18.1 Å². The number of benzene rings is 1. The molecule has 1 fully saturated rings. The van der Waals surface area contributed by atoms with Crippen molar-refractivity contribution in [2.24, 2.45) is 0 Å². The number of hydrogen-bond acceptors (Lipinski definition) is 6. The van der Waals surface area contributed by atoms with Crippen LogP contribution in [0.5, 0.6) is 0 Å². The van der Waals surface area contributed by atoms with Crippen LogP contribution in [0.15, 0.2) is 30.3 Å². The zero-order valence-corrected chi connectivity index (χ0v) is 15.3. The number of carbonyl (C=O) groups is 1. The largest absolute Gasteiger partial charge is 0.379 e. The first-order valence-electron chi connectivity index (χ1n) is 8.88. The molecule has 1 saturated heterocycles. The molecule has 1 amide bonds. The summed E-state index contributed by atoms with van der Waals surface area (Å²) in [5.74, 6) is 0.404. The minimum Gasteiger partial charge on any atom is -0.379 e. The number of nitrogens with zero attached hydrogens (tertiary/aromatic N) is 3. The van der Waals surface area contributed by atoms with E-state index >= 15 is 0 Å². The first-order chi connectivity index (χ1) is 12.6. The van der Waals surface area contributed by atoms with Crippen molar-refractivity contribution in [3.8, 4) is 0 Å². The van der Waals surface area contributed by atoms with E-state index < -0.39 is 0 Å². The van der Waals surface area contributed by atoms with Gasteiger partial charge in [-0.1, -0.05) is 6.07 Å². The normalized spacial score (nSPS) is 14.8. The number of amides is 1. The molecule has 26 heavy (non-hydrogen) atoms. The Morgan fingerprint density at radius 1 is 1.12 bits per heavy atom. The molecule has 1 aromatic heterocycles. The highest BCUT2D eigenvalue weighted by Crippen LogP contribution is 2.17. The number of aromatic nitrogens is 2. The number of nitrogens with one attached hydrogen (secondary N) is 2. The van der Waals surface area contributed by atoms with E-state index in [4.69, 9.17) is 4.74 Å². The zero-order valence-electron chi connectivity index (χ0n) is 15.3. The Morgan fingerprint density at radius 3 is 2.62 bits per heavy atom. The summed E-state index contributed by atoms with van der Waals surface area (Å²) in [6, 6.07) is 9.56. The van der Waals surface area contributed by atoms with Gasteiger partial charge < -0.3 is 15.4 Å². The lowest BCUT2D eigenvalue weighted by atomic mass is 10.1. The fourth-order valence-corrected chi connectivity index (χ4v) is 2.73. The number of carbonyl (C=O) groups excluding carboxylic acids is 1. The second-order valence-electron chi connectivity index (χ2n) is 6.44. The van der Waals surface area contributed by atoms with Gasteiger partial charge in [0.15, 0.2) is 11.5 Å². The van der Waals surface area contributed by atoms with Gasteiger partial charge in [0, 0.05) is 31.9 Å². The zero-order chi connectivity index (χ0) is 18.4. The fraction of sp³-hybridized carbons (Fsp3) is 0.421. The average molecular weight is 355 g/mol. The molecule has 2 N–H and O–H groups in total. The van der Waals surface area contributed by atoms with Crippen molar-refractivity contribution in [1.29, 1.82) is 0 Å². The number of morpholine rings is 1. The van der Waals surface area contributed by atoms with Crippen LogP contribution in [0.4, 0.5) is 11.5 Å². The van der Waals surface area contributed by atoms with Gasteiger partial charge in [-0.2, -0.15) is 0 Å². The number of rotatable bonds is 6. The summed E-state index contributed by atoms with van der Waals surface area (Å²) in [6.45, 7) is 8.88. The second-order valence-corrected chi connectivity index (χ2v) is 6.44. The molecule has 2 heterocycles. The van der Waals surface area contributed by atoms with Crippen LogP contribution >= 0.6 is 0 Å². The van der Waals surface area contributed by atoms with Crippen LogP contribution in [-0.4, -0.2) is 60.4 Å². The molecule has 0 bridgehead atoms. The Bertz CT molecular complexity index is 742. The predicted molar refractivity (Wildman–Crippen MR) is 101 cm³/mol. The van der Waals surface area contributed by atoms with Crippen LogP contribution < -0.4 is 10.6 Å². The molecule has 0 radical (unpaired) electrons. The SMILES string of the molecule is Cc1ccc(Nc2ccc(C(=O)NCCN3CCOCC3)nn2)cc1C. The highest BCUT2D eigenvalue weighted by molar-refractivity contribution is 5.92. The van der Waals surface area contributed by atoms with Gasteiger partial charge in [-0.05, 0) is 49.2 Å². The summed E-state index contributed by atoms with van der Waals surface area (Å²) in [5, 5.41) is 14.2. The van der Waals surface area contributed by atoms with Crippen LogP contribution in [-0.2, 0) is 4.74 Å². The van der Waals surface area contributed by atoms with Crippen molar-refractivity contribution < 1.29 is 9.53 Å². The fourth-order valence-electron chi connectivity index (χ4n) is 2.73. The standard InChI is InChI=1S/C19H25N5O2/c1-14-3-4-16(13-15(14)2)21-18-6-5-17(22-23-18)19(25)20-7-8-24-9-11-26-12-10-24/h3-6,13H,7-12H2,1-2H3,(H,20,25)(H,21,23). The maximum atomic E-state index is 12.2. The lowest BCUT2D eigenvalue weighted by molar-refractivity contribution is 0.0383. The van der Waals surface area contributed by atoms with Gasteiger partial charge in [0.1, 0.15) is 0 Å². The van der Waals surface area contributed by atoms with Crippen molar-refractivity contribution in [3.05, 3.63) is 47.2 Å². The molecule has 0 atom stereocenters. The third kappa shape index (κ3) is 5.00. The quantitative estimate of drug-likeness (QED) is 0.824. The molecular formula is C19H25N5O2. The molecule has 2 aromatic rings. The lowest BCUT2D eigenvalue weighted by Crippen LogP contribution is -2.41. The summed E-state index contributed by atoms with van der Waals surface area (Å²) in [4.78, 5) is 14.4. The minimum absolute atomic E-state index is 0.205. The van der Waals surface area contributed by atoms with Gasteiger partial charge in [0.25, 0.3) is 5.91 Å². The molecular weight excluding hydrogens is 330 g/mol. The summed E-state index contributed by atoms with van der Waals surface area (Å²) >= 11 is 0. The van der Waals surface area contributed by atoms with Gasteiger partial charge in [0.05, 0.1) is 13.2 Å². The molecule has 7 heteroatoms. The maximum Gasteiger partial charge on any atom is 0.271 e. The summed E-state index contributed by atoms with van der Waals surface area (Å²) in [7, 11) is 0. The third-order valence-electron chi connectivity index (χ3n) is 4.49. The number of anilines is 2. The van der Waals surface area contributed by atoms with Crippen molar-refractivity contribution >= 4 is 17.4 Å². The lowest BCUT2D eigenvalue weighted by Gasteiger charge is -2.26. The maximum absolute atomic E-state index is 12.2. The number of ether oxygens (including phenoxy) is 1. The average Bonchev–Trinajstić information content (AvgIpc) is 2.66. The summed E-state index contributed by atoms with van der Waals surface area (Å²) in [6.07, 6.45) is 0. The van der Waals surface area contributed by atoms with E-state index in [-0.39, 0.29) is 5.91 Å². The van der Waals surface area contributed by atoms with E-state index in [2.05, 4.69) is 51.7 Å². The van der Waals surface area contributed by atoms with Crippen LogP contribution in [0, 0.1) is 13.8 Å². The Morgan fingerprint density at radius 2 is 1.92 bits per heavy atom. The van der Waals surface area contributed by atoms with Crippen LogP contribution in [0.25, 0.3) is 0 Å².